The third kappa shape index (κ3) is 3.11. The van der Waals surface area contributed by atoms with Crippen LogP contribution in [0.2, 0.25) is 0 Å². The van der Waals surface area contributed by atoms with Crippen LogP contribution in [-0.4, -0.2) is 13.1 Å². The van der Waals surface area contributed by atoms with E-state index in [1.165, 1.54) is 7.11 Å². The van der Waals surface area contributed by atoms with E-state index in [0.29, 0.717) is 5.56 Å². The average Bonchev–Trinajstić information content (AvgIpc) is 2.38. The molecule has 0 aromatic heterocycles. The Morgan fingerprint density at radius 2 is 1.83 bits per heavy atom. The molecule has 0 heterocycles. The van der Waals surface area contributed by atoms with E-state index in [4.69, 9.17) is 4.74 Å². The summed E-state index contributed by atoms with van der Waals surface area (Å²) in [5.74, 6) is -0.354. The first-order chi connectivity index (χ1) is 8.69. The summed E-state index contributed by atoms with van der Waals surface area (Å²) < 4.78 is 5.53. The number of nitrogens with one attached hydrogen (secondary N) is 1. The fourth-order valence-corrected chi connectivity index (χ4v) is 2.08. The highest BCUT2D eigenvalue weighted by atomic mass is 79.9. The number of hydrogen-bond acceptors (Lipinski definition) is 3. The van der Waals surface area contributed by atoms with Crippen molar-refractivity contribution in [2.45, 2.75) is 0 Å². The zero-order chi connectivity index (χ0) is 13.0. The van der Waals surface area contributed by atoms with Gasteiger partial charge >= 0.3 is 5.97 Å². The normalized spacial score (nSPS) is 9.89. The van der Waals surface area contributed by atoms with E-state index in [0.717, 1.165) is 15.8 Å². The molecule has 0 amide bonds. The van der Waals surface area contributed by atoms with Crippen LogP contribution in [0.15, 0.2) is 53.0 Å². The maximum Gasteiger partial charge on any atom is 0.337 e. The lowest BCUT2D eigenvalue weighted by Crippen LogP contribution is -2.02. The first-order valence-corrected chi connectivity index (χ1v) is 6.19. The summed E-state index contributed by atoms with van der Waals surface area (Å²) in [6, 6.07) is 15.1. The van der Waals surface area contributed by atoms with Crippen molar-refractivity contribution in [1.82, 2.24) is 0 Å². The number of carbonyl (C=O) groups excluding carboxylic acids is 1. The van der Waals surface area contributed by atoms with Gasteiger partial charge in [-0.15, -0.1) is 0 Å². The van der Waals surface area contributed by atoms with E-state index in [1.807, 2.05) is 36.4 Å². The minimum Gasteiger partial charge on any atom is -0.465 e. The molecule has 0 bridgehead atoms. The Bertz CT molecular complexity index is 555. The standard InChI is InChI=1S/C14H12BrNO2/c1-18-14(17)10-7-11(15)9-13(8-10)16-12-5-3-2-4-6-12/h2-9,16H,1H3. The molecule has 2 rings (SSSR count). The van der Waals surface area contributed by atoms with Gasteiger partial charge in [0.05, 0.1) is 12.7 Å². The van der Waals surface area contributed by atoms with Crippen molar-refractivity contribution in [3.05, 3.63) is 58.6 Å². The molecule has 1 N–H and O–H groups in total. The smallest absolute Gasteiger partial charge is 0.337 e. The van der Waals surface area contributed by atoms with E-state index in [-0.39, 0.29) is 5.97 Å². The van der Waals surface area contributed by atoms with Crippen molar-refractivity contribution in [1.29, 1.82) is 0 Å². The molecule has 0 saturated carbocycles. The van der Waals surface area contributed by atoms with Crippen LogP contribution < -0.4 is 5.32 Å². The Balaban J connectivity index is 2.28. The monoisotopic (exact) mass is 305 g/mol. The number of esters is 1. The summed E-state index contributed by atoms with van der Waals surface area (Å²) in [7, 11) is 1.37. The summed E-state index contributed by atoms with van der Waals surface area (Å²) in [6.07, 6.45) is 0. The number of ether oxygens (including phenoxy) is 1. The fourth-order valence-electron chi connectivity index (χ4n) is 1.59. The number of hydrogen-bond donors (Lipinski definition) is 1. The Kier molecular flexibility index (Phi) is 3.99. The summed E-state index contributed by atoms with van der Waals surface area (Å²) in [5.41, 5.74) is 2.30. The summed E-state index contributed by atoms with van der Waals surface area (Å²) in [4.78, 5) is 11.5. The lowest BCUT2D eigenvalue weighted by molar-refractivity contribution is 0.0600. The Labute approximate surface area is 114 Å². The molecule has 0 atom stereocenters. The maximum absolute atomic E-state index is 11.5. The van der Waals surface area contributed by atoms with Crippen LogP contribution in [0.5, 0.6) is 0 Å². The predicted molar refractivity (Wildman–Crippen MR) is 75.2 cm³/mol. The van der Waals surface area contributed by atoms with Gasteiger partial charge in [0.2, 0.25) is 0 Å². The Hall–Kier alpha value is -1.81. The quantitative estimate of drug-likeness (QED) is 0.872. The maximum atomic E-state index is 11.5. The largest absolute Gasteiger partial charge is 0.465 e. The highest BCUT2D eigenvalue weighted by molar-refractivity contribution is 9.10. The molecule has 2 aromatic carbocycles. The molecular formula is C14H12BrNO2. The molecule has 2 aromatic rings. The first-order valence-electron chi connectivity index (χ1n) is 5.40. The summed E-state index contributed by atoms with van der Waals surface area (Å²) in [6.45, 7) is 0. The second kappa shape index (κ2) is 5.69. The molecule has 0 unspecified atom stereocenters. The molecule has 18 heavy (non-hydrogen) atoms. The van der Waals surface area contributed by atoms with Crippen molar-refractivity contribution in [3.63, 3.8) is 0 Å². The number of halogens is 1. The average molecular weight is 306 g/mol. The molecule has 0 aliphatic carbocycles. The molecule has 92 valence electrons. The van der Waals surface area contributed by atoms with Gasteiger partial charge in [0, 0.05) is 15.8 Å². The lowest BCUT2D eigenvalue weighted by Gasteiger charge is -2.08. The second-order valence-corrected chi connectivity index (χ2v) is 4.63. The molecule has 0 aliphatic rings. The van der Waals surface area contributed by atoms with Gasteiger partial charge < -0.3 is 10.1 Å². The zero-order valence-electron chi connectivity index (χ0n) is 9.81. The van der Waals surface area contributed by atoms with E-state index in [9.17, 15) is 4.79 Å². The first kappa shape index (κ1) is 12.6. The molecular weight excluding hydrogens is 294 g/mol. The third-order valence-corrected chi connectivity index (χ3v) is 2.84. The Morgan fingerprint density at radius 1 is 1.11 bits per heavy atom. The molecule has 4 heteroatoms. The van der Waals surface area contributed by atoms with Gasteiger partial charge in [0.1, 0.15) is 0 Å². The second-order valence-electron chi connectivity index (χ2n) is 3.71. The van der Waals surface area contributed by atoms with Crippen LogP contribution in [0.25, 0.3) is 0 Å². The molecule has 0 fully saturated rings. The number of rotatable bonds is 3. The van der Waals surface area contributed by atoms with Gasteiger partial charge in [0.25, 0.3) is 0 Å². The van der Waals surface area contributed by atoms with Crippen LogP contribution in [0, 0.1) is 0 Å². The van der Waals surface area contributed by atoms with Crippen LogP contribution >= 0.6 is 15.9 Å². The molecule has 0 spiro atoms. The minimum atomic E-state index is -0.354. The van der Waals surface area contributed by atoms with E-state index < -0.39 is 0 Å². The van der Waals surface area contributed by atoms with Crippen molar-refractivity contribution < 1.29 is 9.53 Å². The van der Waals surface area contributed by atoms with E-state index >= 15 is 0 Å². The van der Waals surface area contributed by atoms with Gasteiger partial charge in [-0.25, -0.2) is 4.79 Å². The van der Waals surface area contributed by atoms with Gasteiger partial charge in [-0.1, -0.05) is 34.1 Å². The minimum absolute atomic E-state index is 0.354. The van der Waals surface area contributed by atoms with Crippen molar-refractivity contribution in [3.8, 4) is 0 Å². The van der Waals surface area contributed by atoms with Crippen molar-refractivity contribution in [2.24, 2.45) is 0 Å². The molecule has 0 radical (unpaired) electrons. The van der Waals surface area contributed by atoms with Gasteiger partial charge in [-0.3, -0.25) is 0 Å². The van der Waals surface area contributed by atoms with Crippen LogP contribution in [-0.2, 0) is 4.74 Å². The number of benzene rings is 2. The van der Waals surface area contributed by atoms with Crippen LogP contribution in [0.1, 0.15) is 10.4 Å². The summed E-state index contributed by atoms with van der Waals surface area (Å²) >= 11 is 3.38. The summed E-state index contributed by atoms with van der Waals surface area (Å²) in [5, 5.41) is 3.23. The number of anilines is 2. The highest BCUT2D eigenvalue weighted by Gasteiger charge is 2.08. The number of carbonyl (C=O) groups is 1. The highest BCUT2D eigenvalue weighted by Crippen LogP contribution is 2.23. The van der Waals surface area contributed by atoms with Gasteiger partial charge in [-0.05, 0) is 30.3 Å². The lowest BCUT2D eigenvalue weighted by atomic mass is 10.2. The van der Waals surface area contributed by atoms with Gasteiger partial charge in [-0.2, -0.15) is 0 Å². The zero-order valence-corrected chi connectivity index (χ0v) is 11.4. The molecule has 0 aliphatic heterocycles. The van der Waals surface area contributed by atoms with Gasteiger partial charge in [0.15, 0.2) is 0 Å². The topological polar surface area (TPSA) is 38.3 Å². The Morgan fingerprint density at radius 3 is 2.50 bits per heavy atom. The number of para-hydroxylation sites is 1. The van der Waals surface area contributed by atoms with E-state index in [1.54, 1.807) is 12.1 Å². The number of methoxy groups -OCH3 is 1. The van der Waals surface area contributed by atoms with E-state index in [2.05, 4.69) is 21.2 Å². The van der Waals surface area contributed by atoms with Crippen LogP contribution in [0.4, 0.5) is 11.4 Å². The van der Waals surface area contributed by atoms with Crippen molar-refractivity contribution >= 4 is 33.3 Å². The van der Waals surface area contributed by atoms with Crippen molar-refractivity contribution in [2.75, 3.05) is 12.4 Å². The third-order valence-electron chi connectivity index (χ3n) is 2.38. The fraction of sp³-hybridized carbons (Fsp3) is 0.0714. The van der Waals surface area contributed by atoms with Crippen LogP contribution in [0.3, 0.4) is 0 Å². The predicted octanol–water partition coefficient (Wildman–Crippen LogP) is 3.98. The molecule has 3 nitrogen and oxygen atoms in total. The SMILES string of the molecule is COC(=O)c1cc(Br)cc(Nc2ccccc2)c1. The molecule has 0 saturated heterocycles.